The third-order valence-electron chi connectivity index (χ3n) is 4.30. The summed E-state index contributed by atoms with van der Waals surface area (Å²) in [6, 6.07) is 20.1. The second kappa shape index (κ2) is 8.84. The summed E-state index contributed by atoms with van der Waals surface area (Å²) >= 11 is 0. The van der Waals surface area contributed by atoms with E-state index < -0.39 is 5.97 Å². The highest BCUT2D eigenvalue weighted by Gasteiger charge is 2.12. The molecule has 3 rings (SSSR count). The SMILES string of the molecule is CN(C(=O)Nc1ccc(F)cc1)c1cccc(-c2ccc(C=CC(=O)O)cc2)c1. The number of anilines is 2. The minimum absolute atomic E-state index is 0.345. The van der Waals surface area contributed by atoms with Crippen LogP contribution in [0.2, 0.25) is 0 Å². The molecule has 2 N–H and O–H groups in total. The second-order valence-electron chi connectivity index (χ2n) is 6.34. The number of rotatable bonds is 5. The first-order valence-corrected chi connectivity index (χ1v) is 8.84. The number of hydrogen-bond donors (Lipinski definition) is 2. The molecule has 0 bridgehead atoms. The van der Waals surface area contributed by atoms with E-state index in [1.807, 2.05) is 48.5 Å². The standard InChI is InChI=1S/C23H19FN2O3/c1-26(23(29)25-20-12-10-19(24)11-13-20)21-4-2-3-18(15-21)17-8-5-16(6-9-17)7-14-22(27)28/h2-15H,1H3,(H,25,29)(H,27,28). The highest BCUT2D eigenvalue weighted by molar-refractivity contribution is 6.01. The van der Waals surface area contributed by atoms with Gasteiger partial charge >= 0.3 is 12.0 Å². The summed E-state index contributed by atoms with van der Waals surface area (Å²) in [5, 5.41) is 11.4. The van der Waals surface area contributed by atoms with E-state index in [0.717, 1.165) is 22.8 Å². The van der Waals surface area contributed by atoms with Crippen molar-refractivity contribution >= 4 is 29.5 Å². The van der Waals surface area contributed by atoms with Gasteiger partial charge in [-0.3, -0.25) is 4.90 Å². The molecule has 0 aromatic heterocycles. The molecule has 0 aliphatic rings. The minimum atomic E-state index is -0.997. The molecule has 29 heavy (non-hydrogen) atoms. The lowest BCUT2D eigenvalue weighted by atomic mass is 10.0. The number of carbonyl (C=O) groups excluding carboxylic acids is 1. The fourth-order valence-electron chi connectivity index (χ4n) is 2.71. The maximum absolute atomic E-state index is 13.0. The van der Waals surface area contributed by atoms with Crippen molar-refractivity contribution in [2.75, 3.05) is 17.3 Å². The number of urea groups is 1. The highest BCUT2D eigenvalue weighted by Crippen LogP contribution is 2.25. The first kappa shape index (κ1) is 19.8. The van der Waals surface area contributed by atoms with Crippen molar-refractivity contribution < 1.29 is 19.1 Å². The lowest BCUT2D eigenvalue weighted by Crippen LogP contribution is -2.31. The number of amides is 2. The van der Waals surface area contributed by atoms with Gasteiger partial charge in [-0.05, 0) is 59.2 Å². The van der Waals surface area contributed by atoms with E-state index in [1.54, 1.807) is 7.05 Å². The van der Waals surface area contributed by atoms with E-state index in [2.05, 4.69) is 5.32 Å². The van der Waals surface area contributed by atoms with Crippen LogP contribution in [-0.2, 0) is 4.79 Å². The van der Waals surface area contributed by atoms with E-state index in [1.165, 1.54) is 35.2 Å². The predicted octanol–water partition coefficient (Wildman–Crippen LogP) is 5.26. The van der Waals surface area contributed by atoms with Crippen molar-refractivity contribution in [1.82, 2.24) is 0 Å². The van der Waals surface area contributed by atoms with E-state index in [9.17, 15) is 14.0 Å². The Labute approximate surface area is 167 Å². The molecular weight excluding hydrogens is 371 g/mol. The minimum Gasteiger partial charge on any atom is -0.478 e. The number of carbonyl (C=O) groups is 2. The van der Waals surface area contributed by atoms with Crippen molar-refractivity contribution in [2.24, 2.45) is 0 Å². The summed E-state index contributed by atoms with van der Waals surface area (Å²) in [7, 11) is 1.65. The van der Waals surface area contributed by atoms with Crippen molar-refractivity contribution in [2.45, 2.75) is 0 Å². The molecular formula is C23H19FN2O3. The van der Waals surface area contributed by atoms with Crippen LogP contribution in [0, 0.1) is 5.82 Å². The molecule has 0 heterocycles. The molecule has 0 unspecified atom stereocenters. The van der Waals surface area contributed by atoms with Gasteiger partial charge in [-0.2, -0.15) is 0 Å². The Hall–Kier alpha value is -3.93. The molecule has 3 aromatic rings. The van der Waals surface area contributed by atoms with E-state index >= 15 is 0 Å². The molecule has 6 heteroatoms. The smallest absolute Gasteiger partial charge is 0.328 e. The van der Waals surface area contributed by atoms with Crippen LogP contribution in [0.5, 0.6) is 0 Å². The van der Waals surface area contributed by atoms with Crippen LogP contribution in [-0.4, -0.2) is 24.2 Å². The molecule has 0 aliphatic heterocycles. The van der Waals surface area contributed by atoms with Crippen molar-refractivity contribution in [3.05, 3.63) is 90.3 Å². The van der Waals surface area contributed by atoms with E-state index in [-0.39, 0.29) is 11.8 Å². The zero-order valence-corrected chi connectivity index (χ0v) is 15.7. The number of nitrogens with one attached hydrogen (secondary N) is 1. The van der Waals surface area contributed by atoms with Crippen molar-refractivity contribution in [3.8, 4) is 11.1 Å². The number of nitrogens with zero attached hydrogens (tertiary/aromatic N) is 1. The van der Waals surface area contributed by atoms with E-state index in [0.29, 0.717) is 11.4 Å². The molecule has 5 nitrogen and oxygen atoms in total. The Morgan fingerprint density at radius 3 is 2.31 bits per heavy atom. The number of benzene rings is 3. The maximum atomic E-state index is 13.0. The Bertz CT molecular complexity index is 1040. The number of carboxylic acids is 1. The summed E-state index contributed by atoms with van der Waals surface area (Å²) in [6.45, 7) is 0. The predicted molar refractivity (Wildman–Crippen MR) is 112 cm³/mol. The fraction of sp³-hybridized carbons (Fsp3) is 0.0435. The van der Waals surface area contributed by atoms with Gasteiger partial charge in [-0.15, -0.1) is 0 Å². The molecule has 0 saturated heterocycles. The first-order valence-electron chi connectivity index (χ1n) is 8.84. The van der Waals surface area contributed by atoms with Crippen LogP contribution in [0.1, 0.15) is 5.56 Å². The Morgan fingerprint density at radius 1 is 0.966 bits per heavy atom. The van der Waals surface area contributed by atoms with Gasteiger partial charge in [0, 0.05) is 24.5 Å². The quantitative estimate of drug-likeness (QED) is 0.584. The van der Waals surface area contributed by atoms with Gasteiger partial charge in [-0.1, -0.05) is 36.4 Å². The van der Waals surface area contributed by atoms with Gasteiger partial charge in [0.15, 0.2) is 0 Å². The number of carboxylic acid groups (broad SMARTS) is 1. The molecule has 0 saturated carbocycles. The summed E-state index contributed by atoms with van der Waals surface area (Å²) in [5.74, 6) is -1.36. The average Bonchev–Trinajstić information content (AvgIpc) is 2.73. The van der Waals surface area contributed by atoms with Gasteiger partial charge in [0.25, 0.3) is 0 Å². The van der Waals surface area contributed by atoms with Crippen LogP contribution in [0.3, 0.4) is 0 Å². The molecule has 0 atom stereocenters. The lowest BCUT2D eigenvalue weighted by molar-refractivity contribution is -0.131. The molecule has 3 aromatic carbocycles. The van der Waals surface area contributed by atoms with Crippen LogP contribution in [0.4, 0.5) is 20.6 Å². The number of aliphatic carboxylic acids is 1. The Morgan fingerprint density at radius 2 is 1.66 bits per heavy atom. The zero-order valence-electron chi connectivity index (χ0n) is 15.7. The van der Waals surface area contributed by atoms with Crippen LogP contribution in [0.25, 0.3) is 17.2 Å². The first-order chi connectivity index (χ1) is 13.9. The van der Waals surface area contributed by atoms with Crippen LogP contribution in [0.15, 0.2) is 78.9 Å². The monoisotopic (exact) mass is 390 g/mol. The maximum Gasteiger partial charge on any atom is 0.328 e. The topological polar surface area (TPSA) is 69.6 Å². The zero-order chi connectivity index (χ0) is 20.8. The normalized spacial score (nSPS) is 10.7. The molecule has 146 valence electrons. The summed E-state index contributed by atoms with van der Waals surface area (Å²) in [6.07, 6.45) is 2.61. The summed E-state index contributed by atoms with van der Waals surface area (Å²) in [4.78, 5) is 24.6. The van der Waals surface area contributed by atoms with Gasteiger partial charge in [0.1, 0.15) is 5.82 Å². The van der Waals surface area contributed by atoms with Gasteiger partial charge in [0.2, 0.25) is 0 Å². The Balaban J connectivity index is 1.75. The van der Waals surface area contributed by atoms with Gasteiger partial charge < -0.3 is 10.4 Å². The number of hydrogen-bond acceptors (Lipinski definition) is 2. The second-order valence-corrected chi connectivity index (χ2v) is 6.34. The van der Waals surface area contributed by atoms with Crippen LogP contribution < -0.4 is 10.2 Å². The van der Waals surface area contributed by atoms with E-state index in [4.69, 9.17) is 5.11 Å². The molecule has 0 radical (unpaired) electrons. The third-order valence-corrected chi connectivity index (χ3v) is 4.30. The summed E-state index contributed by atoms with van der Waals surface area (Å²) in [5.41, 5.74) is 3.83. The van der Waals surface area contributed by atoms with Gasteiger partial charge in [-0.25, -0.2) is 14.0 Å². The molecule has 2 amide bonds. The molecule has 0 aliphatic carbocycles. The molecule has 0 spiro atoms. The van der Waals surface area contributed by atoms with Crippen LogP contribution >= 0.6 is 0 Å². The van der Waals surface area contributed by atoms with Gasteiger partial charge in [0.05, 0.1) is 0 Å². The lowest BCUT2D eigenvalue weighted by Gasteiger charge is -2.19. The third kappa shape index (κ3) is 5.29. The van der Waals surface area contributed by atoms with Crippen molar-refractivity contribution in [1.29, 1.82) is 0 Å². The molecule has 0 fully saturated rings. The number of halogens is 1. The average molecular weight is 390 g/mol. The largest absolute Gasteiger partial charge is 0.478 e. The van der Waals surface area contributed by atoms with Crippen molar-refractivity contribution in [3.63, 3.8) is 0 Å². The fourth-order valence-corrected chi connectivity index (χ4v) is 2.71. The Kier molecular flexibility index (Phi) is 6.04. The summed E-state index contributed by atoms with van der Waals surface area (Å²) < 4.78 is 13.0. The highest BCUT2D eigenvalue weighted by atomic mass is 19.1.